The molecule has 6 nitrogen and oxygen atoms in total. The Morgan fingerprint density at radius 3 is 2.56 bits per heavy atom. The highest BCUT2D eigenvalue weighted by Crippen LogP contribution is 2.34. The summed E-state index contributed by atoms with van der Waals surface area (Å²) in [6, 6.07) is 0. The number of unbranched alkanes of at least 4 members (excludes halogenated alkanes) is 4. The van der Waals surface area contributed by atoms with Crippen LogP contribution in [0.5, 0.6) is 0 Å². The third kappa shape index (κ3) is 8.54. The molecule has 0 spiro atoms. The van der Waals surface area contributed by atoms with Gasteiger partial charge in [-0.15, -0.1) is 0 Å². The van der Waals surface area contributed by atoms with Crippen molar-refractivity contribution in [3.05, 3.63) is 12.2 Å². The van der Waals surface area contributed by atoms with E-state index in [1.54, 1.807) is 12.2 Å². The van der Waals surface area contributed by atoms with Gasteiger partial charge < -0.3 is 20.1 Å². The first-order chi connectivity index (χ1) is 12.9. The lowest BCUT2D eigenvalue weighted by Crippen LogP contribution is -2.30. The number of esters is 1. The predicted molar refractivity (Wildman–Crippen MR) is 103 cm³/mol. The standard InChI is InChI=1S/C21H36O6/c1-3-4-6-9-15(22)12-13-16-18(24)14-19(25)21(16)17(23)10-7-5-8-11-20(26)27-2/h12-13,15-18,21-24H,3-11,14H2,1-2H3/b13-12+/t15-,16-,17?,18+,21-/m0/s1. The molecule has 0 aromatic carbocycles. The fourth-order valence-electron chi connectivity index (χ4n) is 3.69. The van der Waals surface area contributed by atoms with E-state index in [2.05, 4.69) is 11.7 Å². The van der Waals surface area contributed by atoms with Crippen molar-refractivity contribution >= 4 is 11.8 Å². The number of hydrogen-bond donors (Lipinski definition) is 3. The Morgan fingerprint density at radius 2 is 1.89 bits per heavy atom. The molecular formula is C21H36O6. The van der Waals surface area contributed by atoms with E-state index in [4.69, 9.17) is 0 Å². The van der Waals surface area contributed by atoms with Crippen molar-refractivity contribution in [3.8, 4) is 0 Å². The van der Waals surface area contributed by atoms with Crippen molar-refractivity contribution in [1.29, 1.82) is 0 Å². The van der Waals surface area contributed by atoms with E-state index in [1.165, 1.54) is 7.11 Å². The molecule has 6 heteroatoms. The van der Waals surface area contributed by atoms with Gasteiger partial charge in [0.2, 0.25) is 0 Å². The van der Waals surface area contributed by atoms with E-state index < -0.39 is 30.1 Å². The Balaban J connectivity index is 2.49. The maximum atomic E-state index is 12.2. The van der Waals surface area contributed by atoms with Crippen LogP contribution in [0.2, 0.25) is 0 Å². The van der Waals surface area contributed by atoms with E-state index in [0.717, 1.165) is 25.7 Å². The van der Waals surface area contributed by atoms with Crippen LogP contribution in [-0.2, 0) is 14.3 Å². The molecule has 156 valence electrons. The van der Waals surface area contributed by atoms with Gasteiger partial charge in [-0.1, -0.05) is 51.2 Å². The largest absolute Gasteiger partial charge is 0.469 e. The molecule has 1 rings (SSSR count). The fourth-order valence-corrected chi connectivity index (χ4v) is 3.69. The van der Waals surface area contributed by atoms with Gasteiger partial charge in [-0.25, -0.2) is 0 Å². The van der Waals surface area contributed by atoms with Gasteiger partial charge in [-0.2, -0.15) is 0 Å². The van der Waals surface area contributed by atoms with Crippen LogP contribution >= 0.6 is 0 Å². The van der Waals surface area contributed by atoms with E-state index in [-0.39, 0.29) is 18.2 Å². The summed E-state index contributed by atoms with van der Waals surface area (Å²) in [6.45, 7) is 2.10. The maximum absolute atomic E-state index is 12.2. The number of aliphatic hydroxyl groups excluding tert-OH is 3. The maximum Gasteiger partial charge on any atom is 0.305 e. The SMILES string of the molecule is CCCCC[C@H](O)/C=C/[C@H]1[C@H](O)CC(=O)[C@@H]1C(O)CCCCCC(=O)OC. The average molecular weight is 385 g/mol. The smallest absolute Gasteiger partial charge is 0.305 e. The van der Waals surface area contributed by atoms with Crippen molar-refractivity contribution in [2.45, 2.75) is 89.4 Å². The van der Waals surface area contributed by atoms with E-state index in [1.807, 2.05) is 0 Å². The number of ether oxygens (including phenoxy) is 1. The van der Waals surface area contributed by atoms with Crippen LogP contribution in [0.25, 0.3) is 0 Å². The molecule has 1 fully saturated rings. The fraction of sp³-hybridized carbons (Fsp3) is 0.810. The lowest BCUT2D eigenvalue weighted by molar-refractivity contribution is -0.140. The minimum absolute atomic E-state index is 0.0466. The summed E-state index contributed by atoms with van der Waals surface area (Å²) in [6.07, 6.45) is 7.90. The first kappa shape index (κ1) is 23.8. The summed E-state index contributed by atoms with van der Waals surface area (Å²) in [5.74, 6) is -1.45. The first-order valence-electron chi connectivity index (χ1n) is 10.2. The van der Waals surface area contributed by atoms with Crippen molar-refractivity contribution < 1.29 is 29.6 Å². The van der Waals surface area contributed by atoms with Crippen molar-refractivity contribution in [2.75, 3.05) is 7.11 Å². The summed E-state index contributed by atoms with van der Waals surface area (Å²) >= 11 is 0. The van der Waals surface area contributed by atoms with Crippen LogP contribution in [0.4, 0.5) is 0 Å². The van der Waals surface area contributed by atoms with Gasteiger partial charge in [-0.05, 0) is 19.3 Å². The number of carbonyl (C=O) groups is 2. The van der Waals surface area contributed by atoms with Gasteiger partial charge in [0.15, 0.2) is 0 Å². The molecule has 3 N–H and O–H groups in total. The van der Waals surface area contributed by atoms with Crippen molar-refractivity contribution in [1.82, 2.24) is 0 Å². The van der Waals surface area contributed by atoms with Gasteiger partial charge in [0.1, 0.15) is 5.78 Å². The molecule has 1 unspecified atom stereocenters. The Bertz CT molecular complexity index is 475. The van der Waals surface area contributed by atoms with E-state index >= 15 is 0 Å². The Labute approximate surface area is 162 Å². The molecule has 0 amide bonds. The molecular weight excluding hydrogens is 348 g/mol. The number of aliphatic hydroxyl groups is 3. The monoisotopic (exact) mass is 384 g/mol. The molecule has 0 aromatic heterocycles. The molecule has 0 saturated heterocycles. The highest BCUT2D eigenvalue weighted by molar-refractivity contribution is 5.85. The van der Waals surface area contributed by atoms with Gasteiger partial charge >= 0.3 is 5.97 Å². The lowest BCUT2D eigenvalue weighted by atomic mass is 9.86. The summed E-state index contributed by atoms with van der Waals surface area (Å²) < 4.78 is 4.59. The van der Waals surface area contributed by atoms with Crippen molar-refractivity contribution in [2.24, 2.45) is 11.8 Å². The second-order valence-corrected chi connectivity index (χ2v) is 7.53. The van der Waals surface area contributed by atoms with Crippen LogP contribution in [0.1, 0.15) is 71.1 Å². The normalized spacial score (nSPS) is 25.1. The summed E-state index contributed by atoms with van der Waals surface area (Å²) in [5.41, 5.74) is 0. The van der Waals surface area contributed by atoms with Crippen LogP contribution in [0.3, 0.4) is 0 Å². The van der Waals surface area contributed by atoms with Gasteiger partial charge in [0, 0.05) is 18.8 Å². The molecule has 0 radical (unpaired) electrons. The van der Waals surface area contributed by atoms with Crippen LogP contribution in [-0.4, -0.2) is 52.5 Å². The molecule has 0 heterocycles. The predicted octanol–water partition coefficient (Wildman–Crippen LogP) is 2.53. The number of ketones is 1. The molecule has 27 heavy (non-hydrogen) atoms. The van der Waals surface area contributed by atoms with Gasteiger partial charge in [0.25, 0.3) is 0 Å². The van der Waals surface area contributed by atoms with E-state index in [9.17, 15) is 24.9 Å². The Hall–Kier alpha value is -1.24. The lowest BCUT2D eigenvalue weighted by Gasteiger charge is -2.23. The summed E-state index contributed by atoms with van der Waals surface area (Å²) in [4.78, 5) is 23.3. The summed E-state index contributed by atoms with van der Waals surface area (Å²) in [7, 11) is 1.36. The summed E-state index contributed by atoms with van der Waals surface area (Å²) in [5, 5.41) is 30.7. The Kier molecular flexibility index (Phi) is 11.5. The van der Waals surface area contributed by atoms with E-state index in [0.29, 0.717) is 32.1 Å². The molecule has 1 saturated carbocycles. The zero-order chi connectivity index (χ0) is 20.2. The number of hydrogen-bond acceptors (Lipinski definition) is 6. The highest BCUT2D eigenvalue weighted by Gasteiger charge is 2.43. The highest BCUT2D eigenvalue weighted by atomic mass is 16.5. The molecule has 1 aliphatic carbocycles. The number of Topliss-reactive ketones (excluding diaryl/α,β-unsaturated/α-hetero) is 1. The quantitative estimate of drug-likeness (QED) is 0.256. The topological polar surface area (TPSA) is 104 Å². The second-order valence-electron chi connectivity index (χ2n) is 7.53. The van der Waals surface area contributed by atoms with Crippen LogP contribution in [0.15, 0.2) is 12.2 Å². The average Bonchev–Trinajstić information content (AvgIpc) is 2.92. The first-order valence-corrected chi connectivity index (χ1v) is 10.2. The van der Waals surface area contributed by atoms with Crippen LogP contribution in [0, 0.1) is 11.8 Å². The third-order valence-electron chi connectivity index (χ3n) is 5.32. The van der Waals surface area contributed by atoms with Gasteiger partial charge in [0.05, 0.1) is 31.3 Å². The van der Waals surface area contributed by atoms with Gasteiger partial charge in [-0.3, -0.25) is 9.59 Å². The van der Waals surface area contributed by atoms with Crippen LogP contribution < -0.4 is 0 Å². The zero-order valence-corrected chi connectivity index (χ0v) is 16.7. The molecule has 0 aliphatic heterocycles. The molecule has 0 aromatic rings. The van der Waals surface area contributed by atoms with Crippen molar-refractivity contribution in [3.63, 3.8) is 0 Å². The second kappa shape index (κ2) is 13.0. The Morgan fingerprint density at radius 1 is 1.19 bits per heavy atom. The molecule has 1 aliphatic rings. The zero-order valence-electron chi connectivity index (χ0n) is 16.7. The number of methoxy groups -OCH3 is 1. The number of rotatable bonds is 13. The molecule has 0 bridgehead atoms. The minimum Gasteiger partial charge on any atom is -0.469 e. The minimum atomic E-state index is -0.820. The number of carbonyl (C=O) groups excluding carboxylic acids is 2. The molecule has 5 atom stereocenters. The third-order valence-corrected chi connectivity index (χ3v) is 5.32.